The van der Waals surface area contributed by atoms with Gasteiger partial charge in [0.25, 0.3) is 0 Å². The molecular formula is C100H98N12O4. The minimum Gasteiger partial charge on any atom is -0.309 e. The summed E-state index contributed by atoms with van der Waals surface area (Å²) in [5.74, 6) is 2.74. The van der Waals surface area contributed by atoms with E-state index in [1.807, 2.05) is 204 Å². The Bertz CT molecular complexity index is 5620. The standard InChI is InChI=1S/C28H29N3O.2C25H25N3O.C22H19N3O/c32-26(19-21-11-5-2-6-12-21)31-28-25(17-15-20-9-3-1-4-10-20)29-27-23-14-8-7-13-22(23)16-18-24(27)30-28;1-17(2)16-23(29)28-25-22(14-12-18-8-4-3-5-9-18)26-24-20-11-7-6-10-19(20)13-15-21(24)27-25;1-3-17(2)25(29)28-24-22(15-13-18-9-5-4-6-10-18)26-23-20-12-8-7-11-19(20)14-16-21(23)27-24;1-15(26)23-22-20(13-11-16-7-3-2-4-8-16)24-21-18-10-6-5-9-17(18)12-14-19(21)25-22/h1,3-4,7-10,13-15,17,21H,2,5-6,11-12,16,18-19H2,(H,30,31,32);3-12,14,17H,13,15-16H2,1-2H3,(H,27,28,29);4-13,15,17H,3,14,16H2,1-2H3,(H,27,28,29);2-11,13H,12,14H2,1H3,(H,23,25,26)/b17-15+;14-12+;15-13+;13-11+. The molecule has 4 N–H and O–H groups in total. The van der Waals surface area contributed by atoms with Gasteiger partial charge in [-0.2, -0.15) is 0 Å². The number of amides is 4. The first kappa shape index (κ1) is 79.6. The summed E-state index contributed by atoms with van der Waals surface area (Å²) in [6.45, 7) is 9.49. The van der Waals surface area contributed by atoms with Crippen molar-refractivity contribution in [1.29, 1.82) is 0 Å². The maximum atomic E-state index is 12.9. The average molecular weight is 1530 g/mol. The van der Waals surface area contributed by atoms with E-state index in [1.54, 1.807) is 0 Å². The maximum Gasteiger partial charge on any atom is 0.228 e. The average Bonchev–Trinajstić information content (AvgIpc) is 0.794. The number of carbonyl (C=O) groups excluding carboxylic acids is 4. The van der Waals surface area contributed by atoms with Crippen molar-refractivity contribution in [2.45, 2.75) is 137 Å². The van der Waals surface area contributed by atoms with Crippen molar-refractivity contribution in [2.75, 3.05) is 21.3 Å². The van der Waals surface area contributed by atoms with Crippen LogP contribution in [0.2, 0.25) is 0 Å². The number of nitrogens with zero attached hydrogens (tertiary/aromatic N) is 8. The second kappa shape index (κ2) is 38.6. The number of rotatable bonds is 18. The fraction of sp³-hybridized carbons (Fsp3) is 0.240. The normalized spacial score (nSPS) is 13.7. The third-order valence-electron chi connectivity index (χ3n) is 21.4. The minimum atomic E-state index is -0.148. The van der Waals surface area contributed by atoms with E-state index in [0.29, 0.717) is 64.8 Å². The molecule has 4 aromatic heterocycles. The molecule has 1 atom stereocenters. The lowest BCUT2D eigenvalue weighted by Gasteiger charge is -2.22. The highest BCUT2D eigenvalue weighted by Gasteiger charge is 2.28. The molecular weight excluding hydrogens is 1430 g/mol. The number of aromatic nitrogens is 8. The van der Waals surface area contributed by atoms with Crippen molar-refractivity contribution in [3.05, 3.63) is 308 Å². The largest absolute Gasteiger partial charge is 0.309 e. The molecule has 0 spiro atoms. The van der Waals surface area contributed by atoms with Crippen molar-refractivity contribution in [1.82, 2.24) is 39.9 Å². The van der Waals surface area contributed by atoms with Gasteiger partial charge in [0.2, 0.25) is 23.6 Å². The number of aryl methyl sites for hydroxylation is 8. The molecule has 1 unspecified atom stereocenters. The molecule has 5 aliphatic carbocycles. The Kier molecular flexibility index (Phi) is 26.5. The Labute approximate surface area is 680 Å². The van der Waals surface area contributed by atoms with E-state index < -0.39 is 0 Å². The maximum absolute atomic E-state index is 12.9. The molecule has 0 bridgehead atoms. The van der Waals surface area contributed by atoms with Crippen LogP contribution >= 0.6 is 0 Å². The molecule has 12 aromatic rings. The van der Waals surface area contributed by atoms with Gasteiger partial charge in [-0.3, -0.25) is 19.2 Å². The SMILES string of the molecule is CC(=O)Nc1nc2c(nc1/C=C/c1ccccc1)-c1ccccc1CC2.CC(C)CC(=O)Nc1nc2c(nc1/C=C/c1ccccc1)-c1ccccc1CC2.CCC(C)C(=O)Nc1nc2c(nc1/C=C/c1ccccc1)-c1ccccc1CC2.O=C(CC1CCCCC1)Nc1nc2c(nc1/C=C/c1ccccc1)-c1ccccc1CC2. The zero-order valence-corrected chi connectivity index (χ0v) is 66.7. The lowest BCUT2D eigenvalue weighted by atomic mass is 9.87. The second-order valence-electron chi connectivity index (χ2n) is 30.5. The lowest BCUT2D eigenvalue weighted by Crippen LogP contribution is -2.22. The molecule has 582 valence electrons. The molecule has 0 radical (unpaired) electrons. The van der Waals surface area contributed by atoms with Gasteiger partial charge in [-0.25, -0.2) is 39.9 Å². The van der Waals surface area contributed by atoms with E-state index in [4.69, 9.17) is 39.9 Å². The third-order valence-corrected chi connectivity index (χ3v) is 21.4. The van der Waals surface area contributed by atoms with Gasteiger partial charge in [0.1, 0.15) is 22.8 Å². The number of hydrogen-bond donors (Lipinski definition) is 4. The number of anilines is 4. The predicted molar refractivity (Wildman–Crippen MR) is 471 cm³/mol. The van der Waals surface area contributed by atoms with Gasteiger partial charge in [-0.1, -0.05) is 290 Å². The molecule has 116 heavy (non-hydrogen) atoms. The van der Waals surface area contributed by atoms with Crippen molar-refractivity contribution < 1.29 is 19.2 Å². The van der Waals surface area contributed by atoms with Crippen molar-refractivity contribution in [2.24, 2.45) is 17.8 Å². The summed E-state index contributed by atoms with van der Waals surface area (Å²) in [6.07, 6.45) is 30.8. The minimum absolute atomic E-state index is 0.0210. The van der Waals surface area contributed by atoms with E-state index in [0.717, 1.165) is 161 Å². The summed E-state index contributed by atoms with van der Waals surface area (Å²) < 4.78 is 0. The summed E-state index contributed by atoms with van der Waals surface area (Å²) in [6, 6.07) is 73.7. The van der Waals surface area contributed by atoms with E-state index in [-0.39, 0.29) is 35.5 Å². The molecule has 8 aromatic carbocycles. The number of benzene rings is 8. The van der Waals surface area contributed by atoms with Crippen molar-refractivity contribution in [3.8, 4) is 45.0 Å². The van der Waals surface area contributed by atoms with E-state index in [2.05, 4.69) is 112 Å². The zero-order chi connectivity index (χ0) is 80.1. The highest BCUT2D eigenvalue weighted by molar-refractivity contribution is 5.96. The first-order valence-electron chi connectivity index (χ1n) is 40.8. The van der Waals surface area contributed by atoms with Gasteiger partial charge in [0, 0.05) is 47.9 Å². The van der Waals surface area contributed by atoms with Gasteiger partial charge in [0.15, 0.2) is 23.3 Å². The Balaban J connectivity index is 0.000000128. The molecule has 1 saturated carbocycles. The van der Waals surface area contributed by atoms with Gasteiger partial charge in [-0.15, -0.1) is 0 Å². The molecule has 17 rings (SSSR count). The number of carbonyl (C=O) groups is 4. The molecule has 16 nitrogen and oxygen atoms in total. The highest BCUT2D eigenvalue weighted by Crippen LogP contribution is 2.39. The second-order valence-corrected chi connectivity index (χ2v) is 30.5. The Morgan fingerprint density at radius 3 is 0.948 bits per heavy atom. The van der Waals surface area contributed by atoms with Crippen LogP contribution in [-0.2, 0) is 70.5 Å². The van der Waals surface area contributed by atoms with Crippen LogP contribution in [0.1, 0.15) is 176 Å². The summed E-state index contributed by atoms with van der Waals surface area (Å²) in [5, 5.41) is 11.9. The van der Waals surface area contributed by atoms with Crippen molar-refractivity contribution >= 4 is 95.5 Å². The fourth-order valence-corrected chi connectivity index (χ4v) is 15.2. The first-order chi connectivity index (χ1) is 56.7. The monoisotopic (exact) mass is 1530 g/mol. The molecule has 0 saturated heterocycles. The van der Waals surface area contributed by atoms with Crippen molar-refractivity contribution in [3.63, 3.8) is 0 Å². The molecule has 4 amide bonds. The Morgan fingerprint density at radius 2 is 0.638 bits per heavy atom. The number of hydrogen-bond acceptors (Lipinski definition) is 12. The summed E-state index contributed by atoms with van der Waals surface area (Å²) >= 11 is 0. The summed E-state index contributed by atoms with van der Waals surface area (Å²) in [5.41, 5.74) is 24.3. The Hall–Kier alpha value is -13.1. The van der Waals surface area contributed by atoms with Crippen LogP contribution in [0.5, 0.6) is 0 Å². The lowest BCUT2D eigenvalue weighted by molar-refractivity contribution is -0.119. The Morgan fingerprint density at radius 1 is 0.345 bits per heavy atom. The van der Waals surface area contributed by atoms with Crippen LogP contribution in [0.3, 0.4) is 0 Å². The van der Waals surface area contributed by atoms with Gasteiger partial charge >= 0.3 is 0 Å². The summed E-state index contributed by atoms with van der Waals surface area (Å²) in [4.78, 5) is 88.5. The molecule has 16 heteroatoms. The topological polar surface area (TPSA) is 220 Å². The molecule has 1 fully saturated rings. The third kappa shape index (κ3) is 20.6. The van der Waals surface area contributed by atoms with Crippen LogP contribution in [0.25, 0.3) is 93.6 Å². The highest BCUT2D eigenvalue weighted by atomic mass is 16.2. The van der Waals surface area contributed by atoms with Gasteiger partial charge < -0.3 is 21.3 Å². The number of fused-ring (bicyclic) bond motifs is 12. The molecule has 5 aliphatic rings. The van der Waals surface area contributed by atoms with Crippen LogP contribution < -0.4 is 21.3 Å². The summed E-state index contributed by atoms with van der Waals surface area (Å²) in [7, 11) is 0. The van der Waals surface area contributed by atoms with Crippen LogP contribution in [0.4, 0.5) is 23.3 Å². The van der Waals surface area contributed by atoms with E-state index in [1.165, 1.54) is 48.4 Å². The smallest absolute Gasteiger partial charge is 0.228 e. The molecule has 4 heterocycles. The van der Waals surface area contributed by atoms with Crippen LogP contribution in [0.15, 0.2) is 218 Å². The van der Waals surface area contributed by atoms with E-state index in [9.17, 15) is 19.2 Å². The predicted octanol–water partition coefficient (Wildman–Crippen LogP) is 21.5. The fourth-order valence-electron chi connectivity index (χ4n) is 15.2. The molecule has 0 aliphatic heterocycles. The van der Waals surface area contributed by atoms with Gasteiger partial charge in [0.05, 0.1) is 45.6 Å². The zero-order valence-electron chi connectivity index (χ0n) is 66.7. The van der Waals surface area contributed by atoms with Gasteiger partial charge in [-0.05, 0) is 151 Å². The first-order valence-corrected chi connectivity index (χ1v) is 40.8. The van der Waals surface area contributed by atoms with Crippen LogP contribution in [0, 0.1) is 17.8 Å². The van der Waals surface area contributed by atoms with E-state index >= 15 is 0 Å². The quantitative estimate of drug-likeness (QED) is 0.0630. The number of nitrogens with one attached hydrogen (secondary N) is 4. The van der Waals surface area contributed by atoms with Crippen LogP contribution in [-0.4, -0.2) is 63.5 Å².